The Bertz CT molecular complexity index is 757. The standard InChI is InChI=1S/C19H19NO4/c1-2-23-12-14-8-4-6-10-16(14)20-18(21)17-11-13-7-3-5-9-15(13)19(22)24-17/h3-10,17H,2,11-12H2,1H3,(H,20,21). The molecule has 0 bridgehead atoms. The summed E-state index contributed by atoms with van der Waals surface area (Å²) in [5, 5.41) is 2.84. The number of carbonyl (C=O) groups excluding carboxylic acids is 2. The number of amides is 1. The van der Waals surface area contributed by atoms with Crippen molar-refractivity contribution >= 4 is 17.6 Å². The van der Waals surface area contributed by atoms with E-state index in [1.54, 1.807) is 12.1 Å². The van der Waals surface area contributed by atoms with Crippen LogP contribution in [0, 0.1) is 0 Å². The zero-order valence-electron chi connectivity index (χ0n) is 13.5. The molecule has 0 aromatic heterocycles. The zero-order chi connectivity index (χ0) is 16.9. The number of para-hydroxylation sites is 1. The first kappa shape index (κ1) is 16.2. The van der Waals surface area contributed by atoms with Gasteiger partial charge in [0.2, 0.25) is 0 Å². The first-order valence-corrected chi connectivity index (χ1v) is 7.94. The second-order valence-corrected chi connectivity index (χ2v) is 5.54. The lowest BCUT2D eigenvalue weighted by Gasteiger charge is -2.24. The van der Waals surface area contributed by atoms with Crippen molar-refractivity contribution in [1.29, 1.82) is 0 Å². The minimum Gasteiger partial charge on any atom is -0.448 e. The molecular weight excluding hydrogens is 306 g/mol. The van der Waals surface area contributed by atoms with Crippen LogP contribution < -0.4 is 5.32 Å². The molecule has 0 fully saturated rings. The number of nitrogens with one attached hydrogen (secondary N) is 1. The van der Waals surface area contributed by atoms with Crippen LogP contribution in [0.1, 0.15) is 28.4 Å². The molecule has 1 unspecified atom stereocenters. The normalized spacial score (nSPS) is 16.2. The summed E-state index contributed by atoms with van der Waals surface area (Å²) in [6.07, 6.45) is -0.450. The van der Waals surface area contributed by atoms with Gasteiger partial charge in [-0.2, -0.15) is 0 Å². The summed E-state index contributed by atoms with van der Waals surface area (Å²) < 4.78 is 10.7. The van der Waals surface area contributed by atoms with E-state index >= 15 is 0 Å². The number of cyclic esters (lactones) is 1. The molecule has 0 aliphatic carbocycles. The highest BCUT2D eigenvalue weighted by Gasteiger charge is 2.31. The van der Waals surface area contributed by atoms with Gasteiger partial charge in [0.05, 0.1) is 12.2 Å². The largest absolute Gasteiger partial charge is 0.448 e. The predicted molar refractivity (Wildman–Crippen MR) is 89.8 cm³/mol. The smallest absolute Gasteiger partial charge is 0.339 e. The van der Waals surface area contributed by atoms with Gasteiger partial charge in [-0.15, -0.1) is 0 Å². The third kappa shape index (κ3) is 3.46. The first-order chi connectivity index (χ1) is 11.7. The maximum Gasteiger partial charge on any atom is 0.339 e. The second-order valence-electron chi connectivity index (χ2n) is 5.54. The molecule has 1 amide bonds. The van der Waals surface area contributed by atoms with E-state index in [4.69, 9.17) is 9.47 Å². The highest BCUT2D eigenvalue weighted by molar-refractivity contribution is 6.00. The molecule has 1 aliphatic rings. The number of carbonyl (C=O) groups is 2. The average Bonchev–Trinajstić information content (AvgIpc) is 2.61. The van der Waals surface area contributed by atoms with Gasteiger partial charge in [0.15, 0.2) is 6.10 Å². The van der Waals surface area contributed by atoms with Crippen LogP contribution >= 0.6 is 0 Å². The molecule has 1 N–H and O–H groups in total. The van der Waals surface area contributed by atoms with Gasteiger partial charge in [0.25, 0.3) is 5.91 Å². The summed E-state index contributed by atoms with van der Waals surface area (Å²) in [6.45, 7) is 2.93. The summed E-state index contributed by atoms with van der Waals surface area (Å²) in [5.41, 5.74) is 2.91. The molecule has 5 nitrogen and oxygen atoms in total. The van der Waals surface area contributed by atoms with Crippen LogP contribution in [0.4, 0.5) is 5.69 Å². The fraction of sp³-hybridized carbons (Fsp3) is 0.263. The zero-order valence-corrected chi connectivity index (χ0v) is 13.5. The van der Waals surface area contributed by atoms with E-state index in [0.717, 1.165) is 11.1 Å². The van der Waals surface area contributed by atoms with Crippen LogP contribution in [0.15, 0.2) is 48.5 Å². The third-order valence-electron chi connectivity index (χ3n) is 3.92. The van der Waals surface area contributed by atoms with Gasteiger partial charge in [-0.3, -0.25) is 4.79 Å². The number of rotatable bonds is 5. The van der Waals surface area contributed by atoms with Gasteiger partial charge in [-0.05, 0) is 24.6 Å². The summed E-state index contributed by atoms with van der Waals surface area (Å²) in [5.74, 6) is -0.790. The topological polar surface area (TPSA) is 64.6 Å². The van der Waals surface area contributed by atoms with E-state index < -0.39 is 12.1 Å². The Morgan fingerprint density at radius 3 is 2.79 bits per heavy atom. The van der Waals surface area contributed by atoms with Crippen LogP contribution in [0.25, 0.3) is 0 Å². The van der Waals surface area contributed by atoms with E-state index in [-0.39, 0.29) is 5.91 Å². The van der Waals surface area contributed by atoms with Gasteiger partial charge in [0, 0.05) is 24.3 Å². The molecule has 0 saturated heterocycles. The molecule has 0 saturated carbocycles. The molecule has 124 valence electrons. The molecular formula is C19H19NO4. The number of anilines is 1. The van der Waals surface area contributed by atoms with E-state index in [9.17, 15) is 9.59 Å². The Morgan fingerprint density at radius 2 is 1.96 bits per heavy atom. The first-order valence-electron chi connectivity index (χ1n) is 7.94. The van der Waals surface area contributed by atoms with Crippen molar-refractivity contribution in [3.05, 3.63) is 65.2 Å². The van der Waals surface area contributed by atoms with Crippen molar-refractivity contribution in [3.63, 3.8) is 0 Å². The molecule has 1 heterocycles. The summed E-state index contributed by atoms with van der Waals surface area (Å²) in [7, 11) is 0. The van der Waals surface area contributed by atoms with Crippen molar-refractivity contribution in [3.8, 4) is 0 Å². The molecule has 0 spiro atoms. The fourth-order valence-electron chi connectivity index (χ4n) is 2.67. The van der Waals surface area contributed by atoms with Crippen LogP contribution in [0.5, 0.6) is 0 Å². The van der Waals surface area contributed by atoms with Crippen LogP contribution in [0.3, 0.4) is 0 Å². The molecule has 5 heteroatoms. The molecule has 0 radical (unpaired) electrons. The summed E-state index contributed by atoms with van der Waals surface area (Å²) >= 11 is 0. The molecule has 1 aliphatic heterocycles. The van der Waals surface area contributed by atoms with Crippen molar-refractivity contribution in [2.75, 3.05) is 11.9 Å². The van der Waals surface area contributed by atoms with E-state index in [2.05, 4.69) is 5.32 Å². The third-order valence-corrected chi connectivity index (χ3v) is 3.92. The Hall–Kier alpha value is -2.66. The van der Waals surface area contributed by atoms with Gasteiger partial charge < -0.3 is 14.8 Å². The summed E-state index contributed by atoms with van der Waals surface area (Å²) in [4.78, 5) is 24.6. The van der Waals surface area contributed by atoms with E-state index in [1.165, 1.54) is 0 Å². The maximum atomic E-state index is 12.5. The van der Waals surface area contributed by atoms with Gasteiger partial charge in [-0.25, -0.2) is 4.79 Å². The lowest BCUT2D eigenvalue weighted by Crippen LogP contribution is -2.38. The van der Waals surface area contributed by atoms with E-state index in [0.29, 0.717) is 30.9 Å². The maximum absolute atomic E-state index is 12.5. The molecule has 24 heavy (non-hydrogen) atoms. The van der Waals surface area contributed by atoms with Gasteiger partial charge in [0.1, 0.15) is 0 Å². The van der Waals surface area contributed by atoms with Gasteiger partial charge >= 0.3 is 5.97 Å². The minimum atomic E-state index is -0.826. The molecule has 1 atom stereocenters. The van der Waals surface area contributed by atoms with Crippen molar-refractivity contribution in [1.82, 2.24) is 0 Å². The van der Waals surface area contributed by atoms with Crippen LogP contribution in [0.2, 0.25) is 0 Å². The number of hydrogen-bond donors (Lipinski definition) is 1. The minimum absolute atomic E-state index is 0.332. The van der Waals surface area contributed by atoms with Crippen molar-refractivity contribution < 1.29 is 19.1 Å². The number of esters is 1. The molecule has 2 aromatic rings. The second kappa shape index (κ2) is 7.27. The summed E-state index contributed by atoms with van der Waals surface area (Å²) in [6, 6.07) is 14.6. The highest BCUT2D eigenvalue weighted by atomic mass is 16.5. The highest BCUT2D eigenvalue weighted by Crippen LogP contribution is 2.22. The fourth-order valence-corrected chi connectivity index (χ4v) is 2.67. The Balaban J connectivity index is 1.74. The lowest BCUT2D eigenvalue weighted by atomic mass is 9.98. The quantitative estimate of drug-likeness (QED) is 0.859. The number of hydrogen-bond acceptors (Lipinski definition) is 4. The monoisotopic (exact) mass is 325 g/mol. The van der Waals surface area contributed by atoms with E-state index in [1.807, 2.05) is 43.3 Å². The molecule has 2 aromatic carbocycles. The number of benzene rings is 2. The Kier molecular flexibility index (Phi) is 4.91. The molecule has 3 rings (SSSR count). The van der Waals surface area contributed by atoms with Crippen molar-refractivity contribution in [2.45, 2.75) is 26.1 Å². The van der Waals surface area contributed by atoms with Gasteiger partial charge in [-0.1, -0.05) is 36.4 Å². The number of fused-ring (bicyclic) bond motifs is 1. The van der Waals surface area contributed by atoms with Crippen LogP contribution in [-0.4, -0.2) is 24.6 Å². The van der Waals surface area contributed by atoms with Crippen molar-refractivity contribution in [2.24, 2.45) is 0 Å². The Labute approximate surface area is 140 Å². The SMILES string of the molecule is CCOCc1ccccc1NC(=O)C1Cc2ccccc2C(=O)O1. The Morgan fingerprint density at radius 1 is 1.21 bits per heavy atom. The lowest BCUT2D eigenvalue weighted by molar-refractivity contribution is -0.125. The number of ether oxygens (including phenoxy) is 2. The predicted octanol–water partition coefficient (Wildman–Crippen LogP) is 2.94. The van der Waals surface area contributed by atoms with Crippen LogP contribution in [-0.2, 0) is 27.3 Å². The average molecular weight is 325 g/mol.